The van der Waals surface area contributed by atoms with E-state index in [1.165, 1.54) is 12.1 Å². The molecular weight excluding hydrogens is 397 g/mol. The van der Waals surface area contributed by atoms with E-state index in [-0.39, 0.29) is 6.10 Å². The third-order valence-electron chi connectivity index (χ3n) is 4.59. The summed E-state index contributed by atoms with van der Waals surface area (Å²) in [5, 5.41) is 2.72. The van der Waals surface area contributed by atoms with Gasteiger partial charge in [-0.2, -0.15) is 13.2 Å². The van der Waals surface area contributed by atoms with Gasteiger partial charge in [0.2, 0.25) is 0 Å². The number of hydrogen-bond acceptors (Lipinski definition) is 4. The number of nitrogens with zero attached hydrogens (tertiary/aromatic N) is 1. The van der Waals surface area contributed by atoms with Crippen molar-refractivity contribution in [2.45, 2.75) is 45.2 Å². The Kier molecular flexibility index (Phi) is 5.87. The lowest BCUT2D eigenvalue weighted by molar-refractivity contribution is -0.137. The Balaban J connectivity index is 1.68. The maximum Gasteiger partial charge on any atom is 0.416 e. The monoisotopic (exact) mass is 422 g/mol. The lowest BCUT2D eigenvalue weighted by Crippen LogP contribution is -2.33. The summed E-state index contributed by atoms with van der Waals surface area (Å²) < 4.78 is 49.6. The molecule has 2 aromatic carbocycles. The summed E-state index contributed by atoms with van der Waals surface area (Å²) in [5.41, 5.74) is 1.15. The zero-order valence-electron chi connectivity index (χ0n) is 17.3. The van der Waals surface area contributed by atoms with Crippen LogP contribution in [0.3, 0.4) is 0 Å². The van der Waals surface area contributed by atoms with Crippen molar-refractivity contribution in [3.05, 3.63) is 59.2 Å². The van der Waals surface area contributed by atoms with Gasteiger partial charge in [-0.05, 0) is 56.2 Å². The van der Waals surface area contributed by atoms with Crippen LogP contribution in [-0.2, 0) is 17.5 Å². The summed E-state index contributed by atoms with van der Waals surface area (Å²) in [6, 6.07) is 10.6. The molecule has 1 amide bonds. The second-order valence-corrected chi connectivity index (χ2v) is 8.26. The molecule has 0 radical (unpaired) electrons. The van der Waals surface area contributed by atoms with E-state index in [1.807, 2.05) is 24.1 Å². The Morgan fingerprint density at radius 3 is 2.43 bits per heavy atom. The number of carbonyl (C=O) groups excluding carboxylic acids is 1. The van der Waals surface area contributed by atoms with Crippen LogP contribution < -0.4 is 15.0 Å². The first-order chi connectivity index (χ1) is 13.9. The van der Waals surface area contributed by atoms with Crippen molar-refractivity contribution in [3.63, 3.8) is 0 Å². The third-order valence-corrected chi connectivity index (χ3v) is 4.59. The first-order valence-electron chi connectivity index (χ1n) is 9.57. The van der Waals surface area contributed by atoms with Gasteiger partial charge in [0, 0.05) is 13.6 Å². The summed E-state index contributed by atoms with van der Waals surface area (Å²) in [5.74, 6) is 0.634. The fourth-order valence-corrected chi connectivity index (χ4v) is 3.16. The number of alkyl carbamates (subject to hydrolysis) is 1. The van der Waals surface area contributed by atoms with E-state index in [2.05, 4.69) is 5.32 Å². The highest BCUT2D eigenvalue weighted by molar-refractivity contribution is 5.68. The number of rotatable bonds is 3. The maximum atomic E-state index is 12.8. The van der Waals surface area contributed by atoms with Gasteiger partial charge in [-0.15, -0.1) is 0 Å². The van der Waals surface area contributed by atoms with E-state index in [0.29, 0.717) is 24.4 Å². The average Bonchev–Trinajstić information content (AvgIpc) is 2.64. The molecule has 2 aromatic rings. The molecule has 0 aliphatic carbocycles. The molecule has 1 heterocycles. The number of halogens is 3. The minimum absolute atomic E-state index is 0.304. The van der Waals surface area contributed by atoms with Gasteiger partial charge in [-0.3, -0.25) is 0 Å². The van der Waals surface area contributed by atoms with Crippen LogP contribution in [0.5, 0.6) is 5.75 Å². The maximum absolute atomic E-state index is 12.8. The largest absolute Gasteiger partial charge is 0.482 e. The Morgan fingerprint density at radius 1 is 1.17 bits per heavy atom. The molecule has 0 spiro atoms. The van der Waals surface area contributed by atoms with E-state index >= 15 is 0 Å². The van der Waals surface area contributed by atoms with Gasteiger partial charge < -0.3 is 19.7 Å². The van der Waals surface area contributed by atoms with Crippen LogP contribution in [0.25, 0.3) is 0 Å². The quantitative estimate of drug-likeness (QED) is 0.729. The number of amides is 1. The van der Waals surface area contributed by atoms with Gasteiger partial charge >= 0.3 is 12.3 Å². The highest BCUT2D eigenvalue weighted by Crippen LogP contribution is 2.38. The van der Waals surface area contributed by atoms with Gasteiger partial charge in [0.25, 0.3) is 0 Å². The minimum atomic E-state index is -4.36. The van der Waals surface area contributed by atoms with Gasteiger partial charge in [-0.1, -0.05) is 18.2 Å². The Morgan fingerprint density at radius 2 is 1.83 bits per heavy atom. The van der Waals surface area contributed by atoms with Crippen LogP contribution >= 0.6 is 0 Å². The Hall–Kier alpha value is -2.90. The van der Waals surface area contributed by atoms with Crippen LogP contribution in [-0.4, -0.2) is 25.3 Å². The SMILES string of the molecule is CN1CC(c2ccc(C(F)(F)F)cc2)Oc2ccc(CNC(=O)OC(C)(C)C)cc21. The first-order valence-corrected chi connectivity index (χ1v) is 9.57. The van der Waals surface area contributed by atoms with Gasteiger partial charge in [-0.25, -0.2) is 4.79 Å². The predicted molar refractivity (Wildman–Crippen MR) is 108 cm³/mol. The second-order valence-electron chi connectivity index (χ2n) is 8.26. The van der Waals surface area contributed by atoms with E-state index < -0.39 is 23.4 Å². The number of nitrogens with one attached hydrogen (secondary N) is 1. The summed E-state index contributed by atoms with van der Waals surface area (Å²) >= 11 is 0. The molecule has 0 bridgehead atoms. The van der Waals surface area contributed by atoms with E-state index in [9.17, 15) is 18.0 Å². The summed E-state index contributed by atoms with van der Waals surface area (Å²) in [7, 11) is 1.89. The zero-order valence-corrected chi connectivity index (χ0v) is 17.3. The average molecular weight is 422 g/mol. The highest BCUT2D eigenvalue weighted by atomic mass is 19.4. The summed E-state index contributed by atoms with van der Waals surface area (Å²) in [6.45, 7) is 6.18. The number of carbonyl (C=O) groups is 1. The van der Waals surface area contributed by atoms with Crippen LogP contribution in [0.4, 0.5) is 23.7 Å². The third kappa shape index (κ3) is 5.37. The number of alkyl halides is 3. The van der Waals surface area contributed by atoms with Gasteiger partial charge in [0.1, 0.15) is 17.5 Å². The van der Waals surface area contributed by atoms with E-state index in [4.69, 9.17) is 9.47 Å². The van der Waals surface area contributed by atoms with Gasteiger partial charge in [0.15, 0.2) is 0 Å². The van der Waals surface area contributed by atoms with Crippen molar-refractivity contribution in [3.8, 4) is 5.75 Å². The molecule has 3 rings (SSSR count). The van der Waals surface area contributed by atoms with Crippen molar-refractivity contribution in [1.82, 2.24) is 5.32 Å². The molecule has 1 atom stereocenters. The van der Waals surface area contributed by atoms with Gasteiger partial charge in [0.05, 0.1) is 17.8 Å². The lowest BCUT2D eigenvalue weighted by Gasteiger charge is -2.34. The summed E-state index contributed by atoms with van der Waals surface area (Å²) in [6.07, 6.45) is -5.23. The topological polar surface area (TPSA) is 50.8 Å². The standard InChI is InChI=1S/C22H25F3N2O3/c1-21(2,3)30-20(28)26-12-14-5-10-18-17(11-14)27(4)13-19(29-18)15-6-8-16(9-7-15)22(23,24)25/h5-11,19H,12-13H2,1-4H3,(H,26,28). The van der Waals surface area contributed by atoms with Crippen molar-refractivity contribution in [1.29, 1.82) is 0 Å². The molecule has 1 aliphatic heterocycles. The molecule has 1 unspecified atom stereocenters. The fraction of sp³-hybridized carbons (Fsp3) is 0.409. The van der Waals surface area contributed by atoms with E-state index in [0.717, 1.165) is 23.4 Å². The highest BCUT2D eigenvalue weighted by Gasteiger charge is 2.31. The number of anilines is 1. The molecule has 1 aliphatic rings. The molecule has 162 valence electrons. The Bertz CT molecular complexity index is 905. The number of likely N-dealkylation sites (N-methyl/N-ethyl adjacent to an activating group) is 1. The molecule has 0 saturated heterocycles. The zero-order chi connectivity index (χ0) is 22.1. The normalized spacial score (nSPS) is 16.5. The molecule has 0 saturated carbocycles. The van der Waals surface area contributed by atoms with Crippen molar-refractivity contribution in [2.24, 2.45) is 0 Å². The smallest absolute Gasteiger partial charge is 0.416 e. The number of fused-ring (bicyclic) bond motifs is 1. The van der Waals surface area contributed by atoms with Crippen LogP contribution in [0.2, 0.25) is 0 Å². The van der Waals surface area contributed by atoms with E-state index in [1.54, 1.807) is 26.8 Å². The number of hydrogen-bond donors (Lipinski definition) is 1. The van der Waals surface area contributed by atoms with Crippen molar-refractivity contribution < 1.29 is 27.4 Å². The molecule has 30 heavy (non-hydrogen) atoms. The fourth-order valence-electron chi connectivity index (χ4n) is 3.16. The van der Waals surface area contributed by atoms with Crippen molar-refractivity contribution >= 4 is 11.8 Å². The number of ether oxygens (including phenoxy) is 2. The molecular formula is C22H25F3N2O3. The molecule has 1 N–H and O–H groups in total. The second kappa shape index (κ2) is 8.08. The molecule has 8 heteroatoms. The molecule has 0 fully saturated rings. The summed E-state index contributed by atoms with van der Waals surface area (Å²) in [4.78, 5) is 13.8. The lowest BCUT2D eigenvalue weighted by atomic mass is 10.0. The molecule has 5 nitrogen and oxygen atoms in total. The first kappa shape index (κ1) is 21.8. The number of benzene rings is 2. The van der Waals surface area contributed by atoms with Crippen LogP contribution in [0.1, 0.15) is 43.6 Å². The van der Waals surface area contributed by atoms with Crippen LogP contribution in [0, 0.1) is 0 Å². The van der Waals surface area contributed by atoms with Crippen LogP contribution in [0.15, 0.2) is 42.5 Å². The Labute approximate surface area is 173 Å². The minimum Gasteiger partial charge on any atom is -0.482 e. The molecule has 0 aromatic heterocycles. The van der Waals surface area contributed by atoms with Crippen molar-refractivity contribution in [2.75, 3.05) is 18.5 Å². The predicted octanol–water partition coefficient (Wildman–Crippen LogP) is 5.30.